The molecule has 0 N–H and O–H groups in total. The molecule has 0 saturated carbocycles. The van der Waals surface area contributed by atoms with E-state index in [1.807, 2.05) is 25.1 Å². The number of halogens is 3. The maximum Gasteiger partial charge on any atom is 0.416 e. The molecule has 26 heavy (non-hydrogen) atoms. The van der Waals surface area contributed by atoms with Crippen molar-refractivity contribution in [1.82, 2.24) is 10.2 Å². The van der Waals surface area contributed by atoms with Crippen LogP contribution in [0.4, 0.5) is 13.2 Å². The first-order chi connectivity index (χ1) is 12.3. The Bertz CT molecular complexity index is 918. The minimum absolute atomic E-state index is 0.00331. The van der Waals surface area contributed by atoms with Crippen molar-refractivity contribution in [2.75, 3.05) is 0 Å². The Hall–Kier alpha value is -3.16. The van der Waals surface area contributed by atoms with Crippen LogP contribution in [0.1, 0.15) is 27.4 Å². The summed E-state index contributed by atoms with van der Waals surface area (Å²) in [6, 6.07) is 11.2. The highest BCUT2D eigenvalue weighted by Gasteiger charge is 2.30. The standard InChI is InChI=1S/C18H13F3N2O3/c1-11-3-2-4-13(9-11)16-23-22-15(26-16)10-25-17(24)12-5-7-14(8-6-12)18(19,20)21/h2-9H,10H2,1H3. The van der Waals surface area contributed by atoms with Crippen molar-refractivity contribution >= 4 is 5.97 Å². The van der Waals surface area contributed by atoms with Gasteiger partial charge in [-0.3, -0.25) is 0 Å². The summed E-state index contributed by atoms with van der Waals surface area (Å²) in [6.07, 6.45) is -4.46. The molecule has 0 radical (unpaired) electrons. The number of nitrogens with zero attached hydrogens (tertiary/aromatic N) is 2. The lowest BCUT2D eigenvalue weighted by Gasteiger charge is -2.07. The van der Waals surface area contributed by atoms with E-state index in [0.29, 0.717) is 0 Å². The summed E-state index contributed by atoms with van der Waals surface area (Å²) >= 11 is 0. The molecule has 0 spiro atoms. The van der Waals surface area contributed by atoms with Crippen LogP contribution in [-0.2, 0) is 17.5 Å². The Kier molecular flexibility index (Phi) is 4.75. The molecule has 134 valence electrons. The Balaban J connectivity index is 1.63. The van der Waals surface area contributed by atoms with Gasteiger partial charge >= 0.3 is 12.1 Å². The smallest absolute Gasteiger partial charge is 0.416 e. The maximum absolute atomic E-state index is 12.5. The van der Waals surface area contributed by atoms with Crippen molar-refractivity contribution in [2.45, 2.75) is 19.7 Å². The molecule has 0 aliphatic heterocycles. The van der Waals surface area contributed by atoms with E-state index in [9.17, 15) is 18.0 Å². The minimum atomic E-state index is -4.46. The van der Waals surface area contributed by atoms with Crippen LogP contribution in [0.15, 0.2) is 52.9 Å². The van der Waals surface area contributed by atoms with Gasteiger partial charge in [-0.05, 0) is 43.3 Å². The third-order valence-electron chi connectivity index (χ3n) is 3.51. The molecule has 2 aromatic carbocycles. The number of rotatable bonds is 4. The molecule has 8 heteroatoms. The summed E-state index contributed by atoms with van der Waals surface area (Å²) in [7, 11) is 0. The van der Waals surface area contributed by atoms with Crippen molar-refractivity contribution in [1.29, 1.82) is 0 Å². The SMILES string of the molecule is Cc1cccc(-c2nnc(COC(=O)c3ccc(C(F)(F)F)cc3)o2)c1. The second-order valence-corrected chi connectivity index (χ2v) is 5.52. The lowest BCUT2D eigenvalue weighted by atomic mass is 10.1. The zero-order valence-electron chi connectivity index (χ0n) is 13.6. The molecule has 0 aliphatic rings. The molecular weight excluding hydrogens is 349 g/mol. The van der Waals surface area contributed by atoms with E-state index in [4.69, 9.17) is 9.15 Å². The summed E-state index contributed by atoms with van der Waals surface area (Å²) in [4.78, 5) is 11.9. The van der Waals surface area contributed by atoms with Crippen LogP contribution in [0.3, 0.4) is 0 Å². The number of aromatic nitrogens is 2. The highest BCUT2D eigenvalue weighted by Crippen LogP contribution is 2.29. The summed E-state index contributed by atoms with van der Waals surface area (Å²) in [5.74, 6) is -0.412. The van der Waals surface area contributed by atoms with Gasteiger partial charge in [-0.1, -0.05) is 17.7 Å². The molecule has 3 rings (SSSR count). The monoisotopic (exact) mass is 362 g/mol. The van der Waals surface area contributed by atoms with Crippen molar-refractivity contribution < 1.29 is 27.1 Å². The quantitative estimate of drug-likeness (QED) is 0.643. The van der Waals surface area contributed by atoms with Crippen molar-refractivity contribution in [3.8, 4) is 11.5 Å². The number of esters is 1. The van der Waals surface area contributed by atoms with Gasteiger partial charge in [0.25, 0.3) is 5.89 Å². The molecule has 0 unspecified atom stereocenters. The predicted molar refractivity (Wildman–Crippen MR) is 85.0 cm³/mol. The first kappa shape index (κ1) is 17.7. The van der Waals surface area contributed by atoms with Crippen molar-refractivity contribution in [3.05, 3.63) is 71.1 Å². The third-order valence-corrected chi connectivity index (χ3v) is 3.51. The maximum atomic E-state index is 12.5. The zero-order chi connectivity index (χ0) is 18.7. The molecule has 1 aromatic heterocycles. The minimum Gasteiger partial charge on any atom is -0.452 e. The van der Waals surface area contributed by atoms with Crippen LogP contribution in [0, 0.1) is 6.92 Å². The Morgan fingerprint density at radius 3 is 2.50 bits per heavy atom. The van der Waals surface area contributed by atoms with Crippen molar-refractivity contribution in [3.63, 3.8) is 0 Å². The van der Waals surface area contributed by atoms with Gasteiger partial charge in [0, 0.05) is 5.56 Å². The third kappa shape index (κ3) is 4.08. The predicted octanol–water partition coefficient (Wildman–Crippen LogP) is 4.42. The Labute approximate surface area is 146 Å². The van der Waals surface area contributed by atoms with Gasteiger partial charge in [0.05, 0.1) is 11.1 Å². The van der Waals surface area contributed by atoms with Gasteiger partial charge in [-0.2, -0.15) is 13.2 Å². The second-order valence-electron chi connectivity index (χ2n) is 5.52. The summed E-state index contributed by atoms with van der Waals surface area (Å²) in [5.41, 5.74) is 0.916. The fourth-order valence-electron chi connectivity index (χ4n) is 2.21. The van der Waals surface area contributed by atoms with Gasteiger partial charge in [-0.25, -0.2) is 4.79 Å². The largest absolute Gasteiger partial charge is 0.452 e. The average molecular weight is 362 g/mol. The first-order valence-electron chi connectivity index (χ1n) is 7.57. The highest BCUT2D eigenvalue weighted by molar-refractivity contribution is 5.89. The van der Waals surface area contributed by atoms with Gasteiger partial charge in [0.15, 0.2) is 6.61 Å². The van der Waals surface area contributed by atoms with Gasteiger partial charge in [-0.15, -0.1) is 10.2 Å². The lowest BCUT2D eigenvalue weighted by molar-refractivity contribution is -0.137. The Morgan fingerprint density at radius 1 is 1.12 bits per heavy atom. The lowest BCUT2D eigenvalue weighted by Crippen LogP contribution is -2.08. The number of alkyl halides is 3. The summed E-state index contributed by atoms with van der Waals surface area (Å²) < 4.78 is 48.0. The topological polar surface area (TPSA) is 65.2 Å². The van der Waals surface area contributed by atoms with Crippen molar-refractivity contribution in [2.24, 2.45) is 0 Å². The number of carbonyl (C=O) groups is 1. The fraction of sp³-hybridized carbons (Fsp3) is 0.167. The number of aryl methyl sites for hydroxylation is 1. The summed E-state index contributed by atoms with van der Waals surface area (Å²) in [5, 5.41) is 7.68. The molecule has 1 heterocycles. The number of hydrogen-bond acceptors (Lipinski definition) is 5. The molecule has 0 aliphatic carbocycles. The van der Waals surface area contributed by atoms with Crippen LogP contribution in [-0.4, -0.2) is 16.2 Å². The molecule has 0 fully saturated rings. The number of carbonyl (C=O) groups excluding carboxylic acids is 1. The number of benzene rings is 2. The van der Waals surface area contributed by atoms with Crippen LogP contribution in [0.25, 0.3) is 11.5 Å². The number of hydrogen-bond donors (Lipinski definition) is 0. The van der Waals surface area contributed by atoms with E-state index in [0.717, 1.165) is 35.4 Å². The highest BCUT2D eigenvalue weighted by atomic mass is 19.4. The second kappa shape index (κ2) is 6.99. The van der Waals surface area contributed by atoms with Gasteiger partial charge in [0.2, 0.25) is 5.89 Å². The molecule has 0 saturated heterocycles. The molecule has 0 amide bonds. The van der Waals surface area contributed by atoms with Gasteiger partial charge < -0.3 is 9.15 Å². The van der Waals surface area contributed by atoms with Crippen LogP contribution in [0.5, 0.6) is 0 Å². The average Bonchev–Trinajstić information content (AvgIpc) is 3.08. The molecule has 0 atom stereocenters. The van der Waals surface area contributed by atoms with E-state index in [1.54, 1.807) is 6.07 Å². The van der Waals surface area contributed by atoms with E-state index in [-0.39, 0.29) is 24.0 Å². The molecule has 3 aromatic rings. The van der Waals surface area contributed by atoms with E-state index < -0.39 is 17.7 Å². The first-order valence-corrected chi connectivity index (χ1v) is 7.57. The fourth-order valence-corrected chi connectivity index (χ4v) is 2.21. The number of ether oxygens (including phenoxy) is 1. The van der Waals surface area contributed by atoms with E-state index in [2.05, 4.69) is 10.2 Å². The molecular formula is C18H13F3N2O3. The van der Waals surface area contributed by atoms with E-state index in [1.165, 1.54) is 0 Å². The normalized spacial score (nSPS) is 11.4. The van der Waals surface area contributed by atoms with E-state index >= 15 is 0 Å². The van der Waals surface area contributed by atoms with Crippen LogP contribution >= 0.6 is 0 Å². The van der Waals surface area contributed by atoms with Crippen LogP contribution < -0.4 is 0 Å². The zero-order valence-corrected chi connectivity index (χ0v) is 13.6. The molecule has 0 bridgehead atoms. The van der Waals surface area contributed by atoms with Gasteiger partial charge in [0.1, 0.15) is 0 Å². The summed E-state index contributed by atoms with van der Waals surface area (Å²) in [6.45, 7) is 1.64. The Morgan fingerprint density at radius 2 is 1.85 bits per heavy atom. The van der Waals surface area contributed by atoms with Crippen LogP contribution in [0.2, 0.25) is 0 Å². The molecule has 5 nitrogen and oxygen atoms in total.